The zero-order valence-corrected chi connectivity index (χ0v) is 11.5. The quantitative estimate of drug-likeness (QED) is 0.350. The number of hydrogen-bond donors (Lipinski definition) is 2. The number of nitrogens with zero attached hydrogens (tertiary/aromatic N) is 2. The predicted octanol–water partition coefficient (Wildman–Crippen LogP) is 1.41. The van der Waals surface area contributed by atoms with E-state index in [-0.39, 0.29) is 23.7 Å². The third-order valence-corrected chi connectivity index (χ3v) is 5.37. The third kappa shape index (κ3) is 2.09. The van der Waals surface area contributed by atoms with Crippen LogP contribution >= 0.6 is 0 Å². The van der Waals surface area contributed by atoms with Crippen LogP contribution in [-0.4, -0.2) is 35.4 Å². The molecular weight excluding hydrogens is 242 g/mol. The smallest absolute Gasteiger partial charge is 0.228 e. The van der Waals surface area contributed by atoms with Gasteiger partial charge in [0.1, 0.15) is 0 Å². The number of carbonyl (C=O) groups is 1. The lowest BCUT2D eigenvalue weighted by Gasteiger charge is -2.56. The lowest BCUT2D eigenvalue weighted by Crippen LogP contribution is -2.54. The van der Waals surface area contributed by atoms with E-state index in [1.807, 2.05) is 0 Å². The summed E-state index contributed by atoms with van der Waals surface area (Å²) in [4.78, 5) is 14.4. The molecule has 0 radical (unpaired) electrons. The van der Waals surface area contributed by atoms with Crippen LogP contribution in [0.15, 0.2) is 5.16 Å². The highest BCUT2D eigenvalue weighted by molar-refractivity contribution is 5.89. The first-order valence-corrected chi connectivity index (χ1v) is 7.24. The molecule has 0 heterocycles. The van der Waals surface area contributed by atoms with E-state index in [1.165, 1.54) is 19.3 Å². The Morgan fingerprint density at radius 3 is 2.16 bits per heavy atom. The average molecular weight is 265 g/mol. The molecule has 5 nitrogen and oxygen atoms in total. The molecule has 0 spiro atoms. The number of amides is 1. The lowest BCUT2D eigenvalue weighted by molar-refractivity contribution is -0.155. The van der Waals surface area contributed by atoms with Gasteiger partial charge in [-0.25, -0.2) is 0 Å². The molecule has 4 aliphatic rings. The molecule has 19 heavy (non-hydrogen) atoms. The fourth-order valence-corrected chi connectivity index (χ4v) is 5.12. The van der Waals surface area contributed by atoms with Crippen molar-refractivity contribution >= 4 is 11.7 Å². The van der Waals surface area contributed by atoms with Crippen molar-refractivity contribution in [3.63, 3.8) is 0 Å². The van der Waals surface area contributed by atoms with Crippen molar-refractivity contribution < 1.29 is 10.0 Å². The Balaban J connectivity index is 1.76. The van der Waals surface area contributed by atoms with Crippen LogP contribution in [-0.2, 0) is 4.79 Å². The van der Waals surface area contributed by atoms with Gasteiger partial charge in [-0.05, 0) is 56.3 Å². The molecule has 4 saturated carbocycles. The van der Waals surface area contributed by atoms with Gasteiger partial charge in [0, 0.05) is 7.05 Å². The summed E-state index contributed by atoms with van der Waals surface area (Å²) in [6, 6.07) is 0. The van der Waals surface area contributed by atoms with Crippen molar-refractivity contribution in [2.24, 2.45) is 34.1 Å². The molecular formula is C14H23N3O2. The van der Waals surface area contributed by atoms with E-state index in [0.29, 0.717) is 0 Å². The second kappa shape index (κ2) is 4.39. The number of nitrogens with two attached hydrogens (primary N) is 1. The topological polar surface area (TPSA) is 78.9 Å². The van der Waals surface area contributed by atoms with Crippen LogP contribution in [0.3, 0.4) is 0 Å². The fraction of sp³-hybridized carbons (Fsp3) is 0.857. The van der Waals surface area contributed by atoms with Gasteiger partial charge in [0.05, 0.1) is 12.0 Å². The van der Waals surface area contributed by atoms with E-state index in [1.54, 1.807) is 11.9 Å². The highest BCUT2D eigenvalue weighted by Gasteiger charge is 2.55. The van der Waals surface area contributed by atoms with E-state index in [4.69, 9.17) is 10.9 Å². The van der Waals surface area contributed by atoms with E-state index in [2.05, 4.69) is 5.16 Å². The van der Waals surface area contributed by atoms with E-state index in [9.17, 15) is 4.79 Å². The van der Waals surface area contributed by atoms with Crippen LogP contribution in [0.4, 0.5) is 0 Å². The Kier molecular flexibility index (Phi) is 2.95. The summed E-state index contributed by atoms with van der Waals surface area (Å²) >= 11 is 0. The van der Waals surface area contributed by atoms with Gasteiger partial charge in [-0.3, -0.25) is 4.79 Å². The Morgan fingerprint density at radius 2 is 1.74 bits per heavy atom. The second-order valence-electron chi connectivity index (χ2n) is 6.95. The third-order valence-electron chi connectivity index (χ3n) is 5.37. The maximum atomic E-state index is 12.8. The SMILES string of the molecule is CN(CC(N)=NO)C(=O)C12CC3CC(CC(C3)C1)C2. The molecule has 3 N–H and O–H groups in total. The molecule has 4 aliphatic carbocycles. The number of hydrogen-bond acceptors (Lipinski definition) is 3. The van der Waals surface area contributed by atoms with Crippen LogP contribution < -0.4 is 5.73 Å². The molecule has 0 aromatic carbocycles. The van der Waals surface area contributed by atoms with Gasteiger partial charge >= 0.3 is 0 Å². The molecule has 0 atom stereocenters. The average Bonchev–Trinajstić information content (AvgIpc) is 2.36. The normalized spacial score (nSPS) is 40.5. The molecule has 5 heteroatoms. The summed E-state index contributed by atoms with van der Waals surface area (Å²) in [5, 5.41) is 11.6. The van der Waals surface area contributed by atoms with Gasteiger partial charge in [0.2, 0.25) is 5.91 Å². The Labute approximate surface area is 113 Å². The van der Waals surface area contributed by atoms with Gasteiger partial charge in [0.25, 0.3) is 0 Å². The van der Waals surface area contributed by atoms with Gasteiger partial charge in [-0.2, -0.15) is 0 Å². The Morgan fingerprint density at radius 1 is 1.26 bits per heavy atom. The lowest BCUT2D eigenvalue weighted by atomic mass is 9.49. The monoisotopic (exact) mass is 265 g/mol. The number of amidine groups is 1. The molecule has 1 amide bonds. The van der Waals surface area contributed by atoms with Crippen LogP contribution in [0, 0.1) is 23.2 Å². The largest absolute Gasteiger partial charge is 0.409 e. The first-order chi connectivity index (χ1) is 9.02. The second-order valence-corrected chi connectivity index (χ2v) is 6.95. The molecule has 106 valence electrons. The summed E-state index contributed by atoms with van der Waals surface area (Å²) in [6.07, 6.45) is 7.15. The minimum Gasteiger partial charge on any atom is -0.409 e. The number of oxime groups is 1. The maximum Gasteiger partial charge on any atom is 0.228 e. The van der Waals surface area contributed by atoms with Gasteiger partial charge < -0.3 is 15.8 Å². The number of rotatable bonds is 3. The van der Waals surface area contributed by atoms with Gasteiger partial charge in [-0.1, -0.05) is 5.16 Å². The summed E-state index contributed by atoms with van der Waals surface area (Å²) < 4.78 is 0. The standard InChI is InChI=1S/C14H23N3O2/c1-17(8-12(15)16-19)13(18)14-5-9-2-10(6-14)4-11(3-9)7-14/h9-11,19H,2-8H2,1H3,(H2,15,16). The maximum absolute atomic E-state index is 12.8. The van der Waals surface area contributed by atoms with Crippen LogP contribution in [0.25, 0.3) is 0 Å². The Bertz CT molecular complexity index is 384. The Hall–Kier alpha value is -1.26. The zero-order chi connectivity index (χ0) is 13.6. The molecule has 0 aromatic rings. The summed E-state index contributed by atoms with van der Waals surface area (Å²) in [5.74, 6) is 2.58. The highest BCUT2D eigenvalue weighted by atomic mass is 16.4. The van der Waals surface area contributed by atoms with Crippen LogP contribution in [0.5, 0.6) is 0 Å². The summed E-state index contributed by atoms with van der Waals surface area (Å²) in [7, 11) is 1.76. The van der Waals surface area contributed by atoms with Crippen molar-refractivity contribution in [3.05, 3.63) is 0 Å². The zero-order valence-electron chi connectivity index (χ0n) is 11.5. The summed E-state index contributed by atoms with van der Waals surface area (Å²) in [6.45, 7) is 0.219. The van der Waals surface area contributed by atoms with Crippen molar-refractivity contribution in [1.82, 2.24) is 4.90 Å². The van der Waals surface area contributed by atoms with E-state index >= 15 is 0 Å². The van der Waals surface area contributed by atoms with Crippen molar-refractivity contribution in [3.8, 4) is 0 Å². The molecule has 0 aromatic heterocycles. The van der Waals surface area contributed by atoms with Gasteiger partial charge in [-0.15, -0.1) is 0 Å². The number of likely N-dealkylation sites (N-methyl/N-ethyl adjacent to an activating group) is 1. The van der Waals surface area contributed by atoms with Crippen molar-refractivity contribution in [2.75, 3.05) is 13.6 Å². The molecule has 4 fully saturated rings. The summed E-state index contributed by atoms with van der Waals surface area (Å²) in [5.41, 5.74) is 5.37. The predicted molar refractivity (Wildman–Crippen MR) is 71.7 cm³/mol. The number of carbonyl (C=O) groups excluding carboxylic acids is 1. The molecule has 4 bridgehead atoms. The first kappa shape index (κ1) is 12.8. The minimum absolute atomic E-state index is 0.0978. The van der Waals surface area contributed by atoms with Crippen LogP contribution in [0.2, 0.25) is 0 Å². The molecule has 4 rings (SSSR count). The van der Waals surface area contributed by atoms with Gasteiger partial charge in [0.15, 0.2) is 5.84 Å². The molecule has 0 saturated heterocycles. The van der Waals surface area contributed by atoms with E-state index < -0.39 is 0 Å². The molecule has 0 aliphatic heterocycles. The van der Waals surface area contributed by atoms with Crippen LogP contribution in [0.1, 0.15) is 38.5 Å². The fourth-order valence-electron chi connectivity index (χ4n) is 5.12. The molecule has 0 unspecified atom stereocenters. The van der Waals surface area contributed by atoms with E-state index in [0.717, 1.165) is 37.0 Å². The highest BCUT2D eigenvalue weighted by Crippen LogP contribution is 2.60. The minimum atomic E-state index is -0.140. The van der Waals surface area contributed by atoms with Crippen molar-refractivity contribution in [1.29, 1.82) is 0 Å². The van der Waals surface area contributed by atoms with Crippen molar-refractivity contribution in [2.45, 2.75) is 38.5 Å². The first-order valence-electron chi connectivity index (χ1n) is 7.24.